The number of halogens is 1. The van der Waals surface area contributed by atoms with Crippen LogP contribution in [0.4, 0.5) is 5.69 Å². The molecular weight excluding hydrogens is 394 g/mol. The minimum atomic E-state index is -3.60. The Morgan fingerprint density at radius 2 is 1.92 bits per heavy atom. The molecule has 0 amide bonds. The van der Waals surface area contributed by atoms with Crippen LogP contribution in [0.1, 0.15) is 5.56 Å². The number of anilines is 1. The van der Waals surface area contributed by atoms with E-state index in [-0.39, 0.29) is 4.90 Å². The maximum Gasteiger partial charge on any atom is 0.321 e. The van der Waals surface area contributed by atoms with Gasteiger partial charge in [0.1, 0.15) is 0 Å². The number of carbonyl (C=O) groups is 1. The highest BCUT2D eigenvalue weighted by Gasteiger charge is 2.19. The summed E-state index contributed by atoms with van der Waals surface area (Å²) in [4.78, 5) is 11.0. The zero-order valence-corrected chi connectivity index (χ0v) is 15.3. The minimum Gasteiger partial charge on any atom is -0.468 e. The van der Waals surface area contributed by atoms with E-state index in [1.54, 1.807) is 18.2 Å². The van der Waals surface area contributed by atoms with Crippen LogP contribution in [-0.2, 0) is 19.4 Å². The van der Waals surface area contributed by atoms with Gasteiger partial charge in [-0.1, -0.05) is 40.0 Å². The second-order valence-corrected chi connectivity index (χ2v) is 7.43. The summed E-state index contributed by atoms with van der Waals surface area (Å²) in [6, 6.07) is 13.5. The monoisotopic (exact) mass is 409 g/mol. The van der Waals surface area contributed by atoms with Crippen LogP contribution in [-0.4, -0.2) is 27.2 Å². The van der Waals surface area contributed by atoms with Crippen molar-refractivity contribution in [2.24, 2.45) is 0 Å². The van der Waals surface area contributed by atoms with Crippen LogP contribution in [0.2, 0.25) is 0 Å². The first-order chi connectivity index (χ1) is 11.3. The third-order valence-corrected chi connectivity index (χ3v) is 4.89. The quantitative estimate of drug-likeness (QED) is 0.478. The zero-order chi connectivity index (χ0) is 18.2. The largest absolute Gasteiger partial charge is 0.468 e. The van der Waals surface area contributed by atoms with Gasteiger partial charge in [-0.15, -0.1) is 6.42 Å². The van der Waals surface area contributed by atoms with Gasteiger partial charge in [-0.25, -0.2) is 8.42 Å². The Bertz CT molecular complexity index is 857. The maximum atomic E-state index is 11.6. The number of hydrogen-bond acceptors (Lipinski definition) is 5. The molecule has 2 N–H and O–H groups in total. The number of terminal acetylenes is 1. The number of esters is 1. The lowest BCUT2D eigenvalue weighted by Gasteiger charge is -2.03. The summed E-state index contributed by atoms with van der Waals surface area (Å²) >= 11 is 3.16. The van der Waals surface area contributed by atoms with Gasteiger partial charge in [-0.2, -0.15) is 0 Å². The molecule has 0 unspecified atom stereocenters. The number of para-hydroxylation sites is 1. The van der Waals surface area contributed by atoms with Crippen LogP contribution in [0.5, 0.6) is 0 Å². The molecule has 24 heavy (non-hydrogen) atoms. The highest BCUT2D eigenvalue weighted by Crippen LogP contribution is 2.17. The lowest BCUT2D eigenvalue weighted by Crippen LogP contribution is -2.17. The molecule has 0 fully saturated rings. The van der Waals surface area contributed by atoms with Crippen molar-refractivity contribution >= 4 is 37.4 Å². The van der Waals surface area contributed by atoms with E-state index in [2.05, 4.69) is 26.6 Å². The van der Waals surface area contributed by atoms with Crippen LogP contribution >= 0.6 is 15.9 Å². The van der Waals surface area contributed by atoms with Crippen molar-refractivity contribution in [3.05, 3.63) is 58.6 Å². The van der Waals surface area contributed by atoms with E-state index in [1.165, 1.54) is 12.1 Å². The van der Waals surface area contributed by atoms with Crippen molar-refractivity contribution in [3.8, 4) is 12.3 Å². The Morgan fingerprint density at radius 3 is 2.42 bits per heavy atom. The van der Waals surface area contributed by atoms with Crippen LogP contribution in [0.3, 0.4) is 0 Å². The molecular formula is C17H16BrNO4S. The topological polar surface area (TPSA) is 86.5 Å². The fraction of sp³-hybridized carbons (Fsp3) is 0.118. The van der Waals surface area contributed by atoms with Gasteiger partial charge in [-0.05, 0) is 30.3 Å². The first kappa shape index (κ1) is 19.7. The summed E-state index contributed by atoms with van der Waals surface area (Å²) in [5.41, 5.74) is 6.92. The van der Waals surface area contributed by atoms with Crippen molar-refractivity contribution in [2.75, 3.05) is 18.6 Å². The number of nitrogen functional groups attached to an aromatic ring is 1. The highest BCUT2D eigenvalue weighted by molar-refractivity contribution is 9.10. The second kappa shape index (κ2) is 9.11. The van der Waals surface area contributed by atoms with E-state index in [9.17, 15) is 13.2 Å². The molecule has 0 radical (unpaired) electrons. The van der Waals surface area contributed by atoms with Gasteiger partial charge in [0.15, 0.2) is 15.6 Å². The molecule has 0 atom stereocenters. The van der Waals surface area contributed by atoms with E-state index < -0.39 is 21.6 Å². The Kier molecular flexibility index (Phi) is 7.49. The van der Waals surface area contributed by atoms with Gasteiger partial charge >= 0.3 is 5.97 Å². The van der Waals surface area contributed by atoms with Crippen LogP contribution < -0.4 is 5.73 Å². The van der Waals surface area contributed by atoms with Gasteiger partial charge in [0.2, 0.25) is 0 Å². The number of methoxy groups -OCH3 is 1. The summed E-state index contributed by atoms with van der Waals surface area (Å²) in [7, 11) is -2.45. The van der Waals surface area contributed by atoms with Gasteiger partial charge in [0, 0.05) is 15.7 Å². The molecule has 126 valence electrons. The number of ether oxygens (including phenoxy) is 1. The SMILES string of the molecule is C#Cc1ccccc1N.COC(=O)CS(=O)(=O)c1cccc(Br)c1. The molecule has 2 aromatic rings. The molecule has 0 aliphatic heterocycles. The minimum absolute atomic E-state index is 0.0993. The van der Waals surface area contributed by atoms with Crippen molar-refractivity contribution in [2.45, 2.75) is 4.90 Å². The number of nitrogens with two attached hydrogens (primary N) is 1. The average Bonchev–Trinajstić information content (AvgIpc) is 2.55. The van der Waals surface area contributed by atoms with Gasteiger partial charge in [0.05, 0.1) is 12.0 Å². The molecule has 0 saturated carbocycles. The predicted octanol–water partition coefficient (Wildman–Crippen LogP) is 2.65. The van der Waals surface area contributed by atoms with Crippen LogP contribution in [0.25, 0.3) is 0 Å². The lowest BCUT2D eigenvalue weighted by atomic mass is 10.2. The van der Waals surface area contributed by atoms with Gasteiger partial charge in [0.25, 0.3) is 0 Å². The predicted molar refractivity (Wildman–Crippen MR) is 97.0 cm³/mol. The summed E-state index contributed by atoms with van der Waals surface area (Å²) in [5.74, 6) is 1.06. The molecule has 0 spiro atoms. The third kappa shape index (κ3) is 6.07. The van der Waals surface area contributed by atoms with E-state index in [0.29, 0.717) is 10.2 Å². The average molecular weight is 410 g/mol. The number of rotatable bonds is 3. The van der Waals surface area contributed by atoms with Crippen LogP contribution in [0, 0.1) is 12.3 Å². The molecule has 0 aliphatic carbocycles. The van der Waals surface area contributed by atoms with E-state index in [0.717, 1.165) is 12.7 Å². The standard InChI is InChI=1S/C9H9BrO4S.C8H7N/c1-14-9(11)6-15(12,13)8-4-2-3-7(10)5-8;1-2-7-5-3-4-6-8(7)9/h2-5H,6H2,1H3;1,3-6H,9H2. The van der Waals surface area contributed by atoms with Gasteiger partial charge in [-0.3, -0.25) is 4.79 Å². The lowest BCUT2D eigenvalue weighted by molar-refractivity contribution is -0.137. The Morgan fingerprint density at radius 1 is 1.25 bits per heavy atom. The molecule has 0 bridgehead atoms. The molecule has 7 heteroatoms. The van der Waals surface area contributed by atoms with E-state index in [1.807, 2.05) is 18.2 Å². The first-order valence-corrected chi connectivity index (χ1v) is 9.11. The van der Waals surface area contributed by atoms with Gasteiger partial charge < -0.3 is 10.5 Å². The normalized spacial score (nSPS) is 10.0. The second-order valence-electron chi connectivity index (χ2n) is 4.52. The third-order valence-electron chi connectivity index (χ3n) is 2.81. The van der Waals surface area contributed by atoms with Crippen LogP contribution in [0.15, 0.2) is 57.9 Å². The summed E-state index contributed by atoms with van der Waals surface area (Å²) in [6.07, 6.45) is 5.12. The van der Waals surface area contributed by atoms with Crippen molar-refractivity contribution in [1.29, 1.82) is 0 Å². The molecule has 2 rings (SSSR count). The molecule has 0 aromatic heterocycles. The van der Waals surface area contributed by atoms with E-state index in [4.69, 9.17) is 12.2 Å². The number of benzene rings is 2. The molecule has 0 aliphatic rings. The zero-order valence-electron chi connectivity index (χ0n) is 12.9. The Balaban J connectivity index is 0.000000272. The maximum absolute atomic E-state index is 11.6. The fourth-order valence-corrected chi connectivity index (χ4v) is 3.32. The first-order valence-electron chi connectivity index (χ1n) is 6.66. The van der Waals surface area contributed by atoms with Crippen molar-refractivity contribution in [1.82, 2.24) is 0 Å². The molecule has 0 heterocycles. The summed E-state index contributed by atoms with van der Waals surface area (Å²) < 4.78 is 28.2. The molecule has 2 aromatic carbocycles. The smallest absolute Gasteiger partial charge is 0.321 e. The highest BCUT2D eigenvalue weighted by atomic mass is 79.9. The molecule has 5 nitrogen and oxygen atoms in total. The van der Waals surface area contributed by atoms with Crippen molar-refractivity contribution < 1.29 is 17.9 Å². The number of sulfone groups is 1. The Hall–Kier alpha value is -2.30. The fourth-order valence-electron chi connectivity index (χ4n) is 1.59. The molecule has 0 saturated heterocycles. The van der Waals surface area contributed by atoms with Crippen molar-refractivity contribution in [3.63, 3.8) is 0 Å². The number of carbonyl (C=O) groups excluding carboxylic acids is 1. The summed E-state index contributed by atoms with van der Waals surface area (Å²) in [6.45, 7) is 0. The Labute approximate surface area is 149 Å². The van der Waals surface area contributed by atoms with E-state index >= 15 is 0 Å². The number of hydrogen-bond donors (Lipinski definition) is 1. The summed E-state index contributed by atoms with van der Waals surface area (Å²) in [5, 5.41) is 0.